The maximum atomic E-state index is 13.6. The first-order valence-electron chi connectivity index (χ1n) is 5.99. The average molecular weight is 287 g/mol. The molecule has 3 N–H and O–H groups in total. The van der Waals surface area contributed by atoms with Gasteiger partial charge in [-0.3, -0.25) is 14.9 Å². The summed E-state index contributed by atoms with van der Waals surface area (Å²) in [6.45, 7) is 3.33. The van der Waals surface area contributed by atoms with Gasteiger partial charge in [-0.15, -0.1) is 0 Å². The predicted molar refractivity (Wildman–Crippen MR) is 69.1 cm³/mol. The van der Waals surface area contributed by atoms with Crippen LogP contribution in [0.3, 0.4) is 0 Å². The van der Waals surface area contributed by atoms with Crippen LogP contribution in [0.1, 0.15) is 26.7 Å². The van der Waals surface area contributed by atoms with Crippen molar-refractivity contribution < 1.29 is 18.5 Å². The molecule has 0 unspecified atom stereocenters. The second-order valence-corrected chi connectivity index (χ2v) is 4.36. The van der Waals surface area contributed by atoms with E-state index >= 15 is 0 Å². The van der Waals surface area contributed by atoms with Crippen molar-refractivity contribution in [1.82, 2.24) is 0 Å². The number of rotatable bonds is 5. The zero-order chi connectivity index (χ0) is 15.5. The summed E-state index contributed by atoms with van der Waals surface area (Å²) in [6, 6.07) is 0.994. The molecule has 0 aromatic heterocycles. The fourth-order valence-electron chi connectivity index (χ4n) is 1.64. The molecular formula is C12H15F2N3O3. The van der Waals surface area contributed by atoms with Gasteiger partial charge in [0.05, 0.1) is 16.5 Å². The summed E-state index contributed by atoms with van der Waals surface area (Å²) >= 11 is 0. The number of nitrogens with one attached hydrogen (secondary N) is 1. The Balaban J connectivity index is 3.22. The van der Waals surface area contributed by atoms with Crippen molar-refractivity contribution >= 4 is 17.3 Å². The maximum Gasteiger partial charge on any atom is 0.298 e. The smallest absolute Gasteiger partial charge is 0.298 e. The highest BCUT2D eigenvalue weighted by Gasteiger charge is 2.32. The van der Waals surface area contributed by atoms with Crippen LogP contribution in [0.2, 0.25) is 0 Å². The van der Waals surface area contributed by atoms with Crippen LogP contribution in [0.5, 0.6) is 0 Å². The van der Waals surface area contributed by atoms with E-state index < -0.39 is 39.4 Å². The number of nitro benzene ring substituents is 1. The van der Waals surface area contributed by atoms with Gasteiger partial charge in [0.25, 0.3) is 5.69 Å². The van der Waals surface area contributed by atoms with E-state index in [2.05, 4.69) is 5.32 Å². The van der Waals surface area contributed by atoms with E-state index in [0.717, 1.165) is 0 Å². The van der Waals surface area contributed by atoms with E-state index in [0.29, 0.717) is 12.1 Å². The topological polar surface area (TPSA) is 98.3 Å². The van der Waals surface area contributed by atoms with Crippen molar-refractivity contribution in [3.05, 3.63) is 33.9 Å². The molecule has 1 aromatic rings. The van der Waals surface area contributed by atoms with Crippen molar-refractivity contribution in [2.45, 2.75) is 32.2 Å². The Morgan fingerprint density at radius 3 is 2.40 bits per heavy atom. The second-order valence-electron chi connectivity index (χ2n) is 4.36. The number of hydrogen-bond acceptors (Lipinski definition) is 4. The minimum atomic E-state index is -1.27. The Hall–Kier alpha value is -2.09. The minimum Gasteiger partial charge on any atom is -0.317 e. The van der Waals surface area contributed by atoms with Gasteiger partial charge >= 0.3 is 0 Å². The molecular weight excluding hydrogens is 272 g/mol. The van der Waals surface area contributed by atoms with Crippen molar-refractivity contribution in [2.75, 3.05) is 5.32 Å². The zero-order valence-corrected chi connectivity index (χ0v) is 11.1. The molecule has 1 rings (SSSR count). The summed E-state index contributed by atoms with van der Waals surface area (Å²) < 4.78 is 26.6. The Kier molecular flexibility index (Phi) is 4.72. The summed E-state index contributed by atoms with van der Waals surface area (Å²) in [6.07, 6.45) is 0.540. The molecule has 6 nitrogen and oxygen atoms in total. The lowest BCUT2D eigenvalue weighted by Crippen LogP contribution is -2.50. The summed E-state index contributed by atoms with van der Waals surface area (Å²) in [7, 11) is 0. The molecule has 0 saturated heterocycles. The molecule has 8 heteroatoms. The maximum absolute atomic E-state index is 13.6. The van der Waals surface area contributed by atoms with Gasteiger partial charge in [0.2, 0.25) is 5.91 Å². The van der Waals surface area contributed by atoms with Gasteiger partial charge in [0.15, 0.2) is 11.5 Å². The van der Waals surface area contributed by atoms with E-state index in [1.165, 1.54) is 0 Å². The monoisotopic (exact) mass is 287 g/mol. The molecule has 0 aliphatic rings. The first kappa shape index (κ1) is 16.0. The Morgan fingerprint density at radius 1 is 1.40 bits per heavy atom. The number of carbonyl (C=O) groups is 1. The molecule has 0 aliphatic carbocycles. The molecule has 0 saturated carbocycles. The molecule has 0 atom stereocenters. The Bertz CT molecular complexity index is 545. The molecule has 0 aliphatic heterocycles. The fraction of sp³-hybridized carbons (Fsp3) is 0.417. The number of anilines is 1. The highest BCUT2D eigenvalue weighted by Crippen LogP contribution is 2.29. The van der Waals surface area contributed by atoms with E-state index in [4.69, 9.17) is 5.73 Å². The van der Waals surface area contributed by atoms with Crippen LogP contribution in [-0.2, 0) is 4.79 Å². The molecule has 1 aromatic carbocycles. The van der Waals surface area contributed by atoms with Crippen molar-refractivity contribution in [3.8, 4) is 0 Å². The van der Waals surface area contributed by atoms with Gasteiger partial charge in [0, 0.05) is 6.07 Å². The predicted octanol–water partition coefficient (Wildman–Crippen LogP) is 2.33. The standard InChI is InChI=1S/C12H15F2N3O3/c1-3-12(15,4-2)11(18)16-10-8(14)5-7(13)6-9(10)17(19)20/h5-6H,3-4,15H2,1-2H3,(H,16,18). The third-order valence-electron chi connectivity index (χ3n) is 3.18. The van der Waals surface area contributed by atoms with Crippen molar-refractivity contribution in [3.63, 3.8) is 0 Å². The van der Waals surface area contributed by atoms with Gasteiger partial charge in [0.1, 0.15) is 5.82 Å². The number of nitrogens with zero attached hydrogens (tertiary/aromatic N) is 1. The highest BCUT2D eigenvalue weighted by molar-refractivity contribution is 5.99. The summed E-state index contributed by atoms with van der Waals surface area (Å²) in [5.41, 5.74) is 3.01. The largest absolute Gasteiger partial charge is 0.317 e. The lowest BCUT2D eigenvalue weighted by Gasteiger charge is -2.25. The normalized spacial score (nSPS) is 11.2. The summed E-state index contributed by atoms with van der Waals surface area (Å²) in [5, 5.41) is 12.9. The quantitative estimate of drug-likeness (QED) is 0.641. The van der Waals surface area contributed by atoms with Crippen LogP contribution in [0.25, 0.3) is 0 Å². The highest BCUT2D eigenvalue weighted by atomic mass is 19.1. The number of halogens is 2. The van der Waals surface area contributed by atoms with Crippen LogP contribution in [0.15, 0.2) is 12.1 Å². The van der Waals surface area contributed by atoms with Crippen LogP contribution in [0, 0.1) is 21.7 Å². The molecule has 0 heterocycles. The Labute approximate surface area is 114 Å². The van der Waals surface area contributed by atoms with Gasteiger partial charge in [-0.25, -0.2) is 8.78 Å². The third kappa shape index (κ3) is 3.08. The van der Waals surface area contributed by atoms with Gasteiger partial charge in [-0.2, -0.15) is 0 Å². The molecule has 0 radical (unpaired) electrons. The lowest BCUT2D eigenvalue weighted by atomic mass is 9.93. The number of carbonyl (C=O) groups excluding carboxylic acids is 1. The molecule has 0 fully saturated rings. The van der Waals surface area contributed by atoms with E-state index in [1.807, 2.05) is 0 Å². The number of benzene rings is 1. The van der Waals surface area contributed by atoms with Crippen LogP contribution in [-0.4, -0.2) is 16.4 Å². The Morgan fingerprint density at radius 2 is 1.95 bits per heavy atom. The second kappa shape index (κ2) is 5.91. The number of nitro groups is 1. The first-order chi connectivity index (χ1) is 9.25. The number of hydrogen-bond donors (Lipinski definition) is 2. The fourth-order valence-corrected chi connectivity index (χ4v) is 1.64. The third-order valence-corrected chi connectivity index (χ3v) is 3.18. The SMILES string of the molecule is CCC(N)(CC)C(=O)Nc1c(F)cc(F)cc1[N+](=O)[O-]. The molecule has 0 bridgehead atoms. The minimum absolute atomic E-state index is 0.270. The van der Waals surface area contributed by atoms with E-state index in [-0.39, 0.29) is 12.8 Å². The van der Waals surface area contributed by atoms with Gasteiger partial charge in [-0.05, 0) is 12.8 Å². The lowest BCUT2D eigenvalue weighted by molar-refractivity contribution is -0.384. The van der Waals surface area contributed by atoms with Crippen LogP contribution < -0.4 is 11.1 Å². The first-order valence-corrected chi connectivity index (χ1v) is 5.99. The van der Waals surface area contributed by atoms with Crippen molar-refractivity contribution in [2.24, 2.45) is 5.73 Å². The number of nitrogens with two attached hydrogens (primary N) is 1. The van der Waals surface area contributed by atoms with Crippen LogP contribution >= 0.6 is 0 Å². The van der Waals surface area contributed by atoms with E-state index in [1.54, 1.807) is 13.8 Å². The molecule has 0 spiro atoms. The van der Waals surface area contributed by atoms with Gasteiger partial charge < -0.3 is 11.1 Å². The number of amides is 1. The molecule has 1 amide bonds. The van der Waals surface area contributed by atoms with E-state index in [9.17, 15) is 23.7 Å². The summed E-state index contributed by atoms with van der Waals surface area (Å²) in [4.78, 5) is 21.8. The summed E-state index contributed by atoms with van der Waals surface area (Å²) in [5.74, 6) is -3.08. The average Bonchev–Trinajstić information content (AvgIpc) is 2.39. The zero-order valence-electron chi connectivity index (χ0n) is 11.1. The molecule has 20 heavy (non-hydrogen) atoms. The van der Waals surface area contributed by atoms with Crippen LogP contribution in [0.4, 0.5) is 20.2 Å². The van der Waals surface area contributed by atoms with Crippen molar-refractivity contribution in [1.29, 1.82) is 0 Å². The molecule has 110 valence electrons. The van der Waals surface area contributed by atoms with Gasteiger partial charge in [-0.1, -0.05) is 13.8 Å².